The van der Waals surface area contributed by atoms with Crippen LogP contribution in [-0.4, -0.2) is 31.7 Å². The van der Waals surface area contributed by atoms with Crippen LogP contribution in [-0.2, 0) is 9.84 Å². The molecule has 1 aliphatic heterocycles. The Hall–Kier alpha value is -0.680. The number of nitrogens with one attached hydrogen (secondary N) is 1. The van der Waals surface area contributed by atoms with Gasteiger partial charge in [-0.15, -0.1) is 0 Å². The van der Waals surface area contributed by atoms with Gasteiger partial charge in [-0.25, -0.2) is 8.42 Å². The van der Waals surface area contributed by atoms with Gasteiger partial charge in [0.1, 0.15) is 0 Å². The Bertz CT molecular complexity index is 491. The maximum absolute atomic E-state index is 11.9. The molecule has 0 spiro atoms. The molecular formula is C14H21NO2S2. The summed E-state index contributed by atoms with van der Waals surface area (Å²) in [7, 11) is -3.09. The molecule has 1 heterocycles. The van der Waals surface area contributed by atoms with Gasteiger partial charge < -0.3 is 5.32 Å². The van der Waals surface area contributed by atoms with Crippen LogP contribution in [0.1, 0.15) is 26.2 Å². The van der Waals surface area contributed by atoms with Crippen LogP contribution in [0.25, 0.3) is 0 Å². The van der Waals surface area contributed by atoms with E-state index in [-0.39, 0.29) is 5.75 Å². The predicted octanol–water partition coefficient (Wildman–Crippen LogP) is 3.18. The summed E-state index contributed by atoms with van der Waals surface area (Å²) in [6.07, 6.45) is 3.11. The average Bonchev–Trinajstić information content (AvgIpc) is 2.40. The lowest BCUT2D eigenvalue weighted by Gasteiger charge is -2.23. The molecule has 1 aromatic carbocycles. The zero-order valence-electron chi connectivity index (χ0n) is 11.3. The lowest BCUT2D eigenvalue weighted by atomic mass is 10.2. The Balaban J connectivity index is 2.01. The van der Waals surface area contributed by atoms with Crippen molar-refractivity contribution in [2.45, 2.75) is 37.1 Å². The van der Waals surface area contributed by atoms with E-state index >= 15 is 0 Å². The molecule has 5 heteroatoms. The fourth-order valence-electron chi connectivity index (χ4n) is 2.24. The van der Waals surface area contributed by atoms with Gasteiger partial charge in [-0.1, -0.05) is 6.92 Å². The lowest BCUT2D eigenvalue weighted by Crippen LogP contribution is -2.25. The molecule has 0 saturated carbocycles. The third kappa shape index (κ3) is 4.14. The first-order valence-electron chi connectivity index (χ1n) is 6.79. The van der Waals surface area contributed by atoms with Crippen molar-refractivity contribution < 1.29 is 8.42 Å². The van der Waals surface area contributed by atoms with E-state index < -0.39 is 9.84 Å². The molecule has 2 rings (SSSR count). The van der Waals surface area contributed by atoms with Crippen LogP contribution in [0, 0.1) is 0 Å². The van der Waals surface area contributed by atoms with E-state index in [9.17, 15) is 8.42 Å². The number of hydrogen-bond donors (Lipinski definition) is 1. The number of benzene rings is 1. The first-order chi connectivity index (χ1) is 9.12. The first kappa shape index (κ1) is 14.7. The minimum absolute atomic E-state index is 0.221. The summed E-state index contributed by atoms with van der Waals surface area (Å²) in [4.78, 5) is 0.429. The standard InChI is InChI=1S/C14H21NO2S2/c1-2-10-19(16,17)14-7-5-12(6-8-14)15-13-4-3-9-18-11-13/h5-8,13,15H,2-4,9-11H2,1H3. The fraction of sp³-hybridized carbons (Fsp3) is 0.571. The highest BCUT2D eigenvalue weighted by Gasteiger charge is 2.15. The summed E-state index contributed by atoms with van der Waals surface area (Å²) in [6, 6.07) is 7.69. The molecule has 0 radical (unpaired) electrons. The predicted molar refractivity (Wildman–Crippen MR) is 82.8 cm³/mol. The Morgan fingerprint density at radius 1 is 1.32 bits per heavy atom. The molecule has 1 aromatic rings. The number of thioether (sulfide) groups is 1. The Labute approximate surface area is 120 Å². The highest BCUT2D eigenvalue weighted by molar-refractivity contribution is 7.99. The van der Waals surface area contributed by atoms with Crippen LogP contribution in [0.5, 0.6) is 0 Å². The van der Waals surface area contributed by atoms with E-state index in [1.54, 1.807) is 12.1 Å². The summed E-state index contributed by atoms with van der Waals surface area (Å²) in [6.45, 7) is 1.88. The van der Waals surface area contributed by atoms with Crippen LogP contribution in [0.15, 0.2) is 29.2 Å². The van der Waals surface area contributed by atoms with Gasteiger partial charge in [0.25, 0.3) is 0 Å². The van der Waals surface area contributed by atoms with Crippen molar-refractivity contribution in [3.63, 3.8) is 0 Å². The molecule has 3 nitrogen and oxygen atoms in total. The van der Waals surface area contributed by atoms with Crippen molar-refractivity contribution in [1.29, 1.82) is 0 Å². The van der Waals surface area contributed by atoms with Crippen LogP contribution in [0.3, 0.4) is 0 Å². The minimum atomic E-state index is -3.09. The molecule has 19 heavy (non-hydrogen) atoms. The molecular weight excluding hydrogens is 278 g/mol. The molecule has 0 aromatic heterocycles. The second-order valence-corrected chi connectivity index (χ2v) is 8.16. The van der Waals surface area contributed by atoms with Gasteiger partial charge in [-0.3, -0.25) is 0 Å². The van der Waals surface area contributed by atoms with Crippen LogP contribution >= 0.6 is 11.8 Å². The third-order valence-corrected chi connectivity index (χ3v) is 6.37. The zero-order chi connectivity index (χ0) is 13.7. The van der Waals surface area contributed by atoms with Gasteiger partial charge in [0.05, 0.1) is 10.6 Å². The Morgan fingerprint density at radius 3 is 2.63 bits per heavy atom. The average molecular weight is 299 g/mol. The van der Waals surface area contributed by atoms with Gasteiger partial charge in [0, 0.05) is 17.5 Å². The van der Waals surface area contributed by atoms with E-state index in [1.807, 2.05) is 30.8 Å². The molecule has 1 N–H and O–H groups in total. The molecule has 1 aliphatic rings. The molecule has 1 fully saturated rings. The molecule has 1 saturated heterocycles. The smallest absolute Gasteiger partial charge is 0.178 e. The van der Waals surface area contributed by atoms with Crippen molar-refractivity contribution in [2.24, 2.45) is 0 Å². The maximum Gasteiger partial charge on any atom is 0.178 e. The third-order valence-electron chi connectivity index (χ3n) is 3.22. The van der Waals surface area contributed by atoms with Gasteiger partial charge in [-0.2, -0.15) is 11.8 Å². The number of hydrogen-bond acceptors (Lipinski definition) is 4. The molecule has 1 atom stereocenters. The van der Waals surface area contributed by atoms with Crippen molar-refractivity contribution >= 4 is 27.3 Å². The number of sulfone groups is 1. The molecule has 1 unspecified atom stereocenters. The van der Waals surface area contributed by atoms with Crippen LogP contribution in [0.4, 0.5) is 5.69 Å². The van der Waals surface area contributed by atoms with E-state index in [2.05, 4.69) is 5.32 Å². The summed E-state index contributed by atoms with van der Waals surface area (Å²) in [5.74, 6) is 2.61. The summed E-state index contributed by atoms with van der Waals surface area (Å²) >= 11 is 1.98. The summed E-state index contributed by atoms with van der Waals surface area (Å²) in [5, 5.41) is 3.48. The maximum atomic E-state index is 11.9. The number of anilines is 1. The van der Waals surface area contributed by atoms with Crippen LogP contribution in [0.2, 0.25) is 0 Å². The zero-order valence-corrected chi connectivity index (χ0v) is 12.9. The monoisotopic (exact) mass is 299 g/mol. The van der Waals surface area contributed by atoms with Crippen molar-refractivity contribution in [2.75, 3.05) is 22.6 Å². The molecule has 0 bridgehead atoms. The quantitative estimate of drug-likeness (QED) is 0.907. The molecule has 106 valence electrons. The number of rotatable bonds is 5. The van der Waals surface area contributed by atoms with E-state index in [0.29, 0.717) is 17.4 Å². The fourth-order valence-corrected chi connectivity index (χ4v) is 4.63. The van der Waals surface area contributed by atoms with E-state index in [1.165, 1.54) is 18.6 Å². The summed E-state index contributed by atoms with van der Waals surface area (Å²) in [5.41, 5.74) is 1.02. The van der Waals surface area contributed by atoms with Crippen LogP contribution < -0.4 is 5.32 Å². The highest BCUT2D eigenvalue weighted by atomic mass is 32.2. The Morgan fingerprint density at radius 2 is 2.05 bits per heavy atom. The molecule has 0 aliphatic carbocycles. The summed E-state index contributed by atoms with van der Waals surface area (Å²) < 4.78 is 23.8. The van der Waals surface area contributed by atoms with Gasteiger partial charge >= 0.3 is 0 Å². The van der Waals surface area contributed by atoms with E-state index in [4.69, 9.17) is 0 Å². The largest absolute Gasteiger partial charge is 0.381 e. The van der Waals surface area contributed by atoms with Gasteiger partial charge in [0.15, 0.2) is 9.84 Å². The second kappa shape index (κ2) is 6.66. The van der Waals surface area contributed by atoms with Crippen molar-refractivity contribution in [3.8, 4) is 0 Å². The Kier molecular flexibility index (Phi) is 5.16. The molecule has 0 amide bonds. The van der Waals surface area contributed by atoms with Crippen molar-refractivity contribution in [3.05, 3.63) is 24.3 Å². The minimum Gasteiger partial charge on any atom is -0.381 e. The normalized spacial score (nSPS) is 20.2. The van der Waals surface area contributed by atoms with Gasteiger partial charge in [-0.05, 0) is 49.3 Å². The van der Waals surface area contributed by atoms with Crippen molar-refractivity contribution in [1.82, 2.24) is 0 Å². The SMILES string of the molecule is CCCS(=O)(=O)c1ccc(NC2CCCSC2)cc1. The topological polar surface area (TPSA) is 46.2 Å². The van der Waals surface area contributed by atoms with Gasteiger partial charge in [0.2, 0.25) is 0 Å². The first-order valence-corrected chi connectivity index (χ1v) is 9.59. The second-order valence-electron chi connectivity index (χ2n) is 4.90. The van der Waals surface area contributed by atoms with E-state index in [0.717, 1.165) is 11.4 Å². The highest BCUT2D eigenvalue weighted by Crippen LogP contribution is 2.22. The lowest BCUT2D eigenvalue weighted by molar-refractivity contribution is 0.594.